The molecule has 0 unspecified atom stereocenters. The number of nitrogens with zero attached hydrogens (tertiary/aromatic N) is 4. The number of hydrogen-bond donors (Lipinski definition) is 2. The molecule has 0 aliphatic rings. The third kappa shape index (κ3) is 4.51. The van der Waals surface area contributed by atoms with Gasteiger partial charge >= 0.3 is 0 Å². The van der Waals surface area contributed by atoms with Gasteiger partial charge in [0.2, 0.25) is 0 Å². The number of hydrogen-bond acceptors (Lipinski definition) is 3. The first-order valence-corrected chi connectivity index (χ1v) is 7.38. The molecule has 0 radical (unpaired) electrons. The first kappa shape index (κ1) is 15.9. The van der Waals surface area contributed by atoms with Gasteiger partial charge in [0.15, 0.2) is 5.96 Å². The van der Waals surface area contributed by atoms with E-state index in [0.717, 1.165) is 24.7 Å². The standard InChI is InChI=1S/C16H24N6/c1-17-16(19-13-15-9-10-20-22(15)3)18-11-12-21(2)14-7-5-4-6-8-14/h4-10H,11-13H2,1-3H3,(H2,17,18,19). The van der Waals surface area contributed by atoms with Crippen LogP contribution in [0.15, 0.2) is 47.6 Å². The molecule has 0 aliphatic heterocycles. The molecule has 2 N–H and O–H groups in total. The fraction of sp³-hybridized carbons (Fsp3) is 0.375. The van der Waals surface area contributed by atoms with Crippen LogP contribution in [0.3, 0.4) is 0 Å². The van der Waals surface area contributed by atoms with E-state index in [4.69, 9.17) is 0 Å². The summed E-state index contributed by atoms with van der Waals surface area (Å²) < 4.78 is 1.85. The zero-order valence-electron chi connectivity index (χ0n) is 13.5. The molecule has 6 heteroatoms. The average molecular weight is 300 g/mol. The Balaban J connectivity index is 1.74. The number of benzene rings is 1. The largest absolute Gasteiger partial charge is 0.373 e. The topological polar surface area (TPSA) is 57.5 Å². The van der Waals surface area contributed by atoms with Gasteiger partial charge in [-0.05, 0) is 18.2 Å². The molecule has 22 heavy (non-hydrogen) atoms. The second kappa shape index (κ2) is 8.07. The highest BCUT2D eigenvalue weighted by molar-refractivity contribution is 5.79. The number of para-hydroxylation sites is 1. The Morgan fingerprint density at radius 3 is 2.64 bits per heavy atom. The lowest BCUT2D eigenvalue weighted by atomic mass is 10.3. The lowest BCUT2D eigenvalue weighted by molar-refractivity contribution is 0.683. The van der Waals surface area contributed by atoms with E-state index >= 15 is 0 Å². The first-order valence-electron chi connectivity index (χ1n) is 7.38. The van der Waals surface area contributed by atoms with Crippen LogP contribution >= 0.6 is 0 Å². The van der Waals surface area contributed by atoms with Crippen molar-refractivity contribution in [3.8, 4) is 0 Å². The van der Waals surface area contributed by atoms with Gasteiger partial charge in [-0.2, -0.15) is 5.10 Å². The van der Waals surface area contributed by atoms with Gasteiger partial charge in [-0.1, -0.05) is 18.2 Å². The molecule has 2 aromatic rings. The molecule has 1 aromatic heterocycles. The van der Waals surface area contributed by atoms with Gasteiger partial charge in [0, 0.05) is 46.1 Å². The molecule has 0 spiro atoms. The number of likely N-dealkylation sites (N-methyl/N-ethyl adjacent to an activating group) is 1. The first-order chi connectivity index (χ1) is 10.7. The van der Waals surface area contributed by atoms with Crippen LogP contribution in [0, 0.1) is 0 Å². The molecule has 0 aliphatic carbocycles. The number of rotatable bonds is 6. The summed E-state index contributed by atoms with van der Waals surface area (Å²) in [6, 6.07) is 12.3. The van der Waals surface area contributed by atoms with Crippen molar-refractivity contribution in [1.82, 2.24) is 20.4 Å². The molecular weight excluding hydrogens is 276 g/mol. The number of aliphatic imine (C=N–C) groups is 1. The van der Waals surface area contributed by atoms with Crippen molar-refractivity contribution in [2.24, 2.45) is 12.0 Å². The van der Waals surface area contributed by atoms with E-state index in [2.05, 4.69) is 44.8 Å². The third-order valence-corrected chi connectivity index (χ3v) is 3.52. The van der Waals surface area contributed by atoms with Crippen LogP contribution in [0.25, 0.3) is 0 Å². The van der Waals surface area contributed by atoms with Gasteiger partial charge in [-0.3, -0.25) is 9.67 Å². The van der Waals surface area contributed by atoms with Gasteiger partial charge in [0.05, 0.1) is 12.2 Å². The molecular formula is C16H24N6. The van der Waals surface area contributed by atoms with Crippen LogP contribution in [0.5, 0.6) is 0 Å². The Labute approximate surface area is 131 Å². The van der Waals surface area contributed by atoms with Crippen molar-refractivity contribution >= 4 is 11.6 Å². The third-order valence-electron chi connectivity index (χ3n) is 3.52. The van der Waals surface area contributed by atoms with E-state index < -0.39 is 0 Å². The Morgan fingerprint density at radius 1 is 1.23 bits per heavy atom. The Morgan fingerprint density at radius 2 is 2.00 bits per heavy atom. The Kier molecular flexibility index (Phi) is 5.82. The molecule has 118 valence electrons. The minimum Gasteiger partial charge on any atom is -0.373 e. The van der Waals surface area contributed by atoms with E-state index in [0.29, 0.717) is 6.54 Å². The maximum Gasteiger partial charge on any atom is 0.191 e. The van der Waals surface area contributed by atoms with E-state index in [-0.39, 0.29) is 0 Å². The maximum atomic E-state index is 4.23. The van der Waals surface area contributed by atoms with Gasteiger partial charge in [0.25, 0.3) is 0 Å². The highest BCUT2D eigenvalue weighted by atomic mass is 15.3. The molecule has 0 fully saturated rings. The molecule has 0 saturated carbocycles. The molecule has 0 atom stereocenters. The Bertz CT molecular complexity index is 590. The molecule has 1 aromatic carbocycles. The predicted molar refractivity (Wildman–Crippen MR) is 91.1 cm³/mol. The van der Waals surface area contributed by atoms with E-state index in [1.165, 1.54) is 5.69 Å². The molecule has 6 nitrogen and oxygen atoms in total. The van der Waals surface area contributed by atoms with Gasteiger partial charge < -0.3 is 15.5 Å². The van der Waals surface area contributed by atoms with Crippen molar-refractivity contribution in [2.45, 2.75) is 6.54 Å². The van der Waals surface area contributed by atoms with Crippen molar-refractivity contribution < 1.29 is 0 Å². The fourth-order valence-corrected chi connectivity index (χ4v) is 2.12. The van der Waals surface area contributed by atoms with Crippen molar-refractivity contribution in [2.75, 3.05) is 32.1 Å². The van der Waals surface area contributed by atoms with E-state index in [1.54, 1.807) is 13.2 Å². The van der Waals surface area contributed by atoms with Crippen molar-refractivity contribution in [1.29, 1.82) is 0 Å². The maximum absolute atomic E-state index is 4.23. The fourth-order valence-electron chi connectivity index (χ4n) is 2.12. The summed E-state index contributed by atoms with van der Waals surface area (Å²) in [6.07, 6.45) is 1.79. The number of aryl methyl sites for hydroxylation is 1. The summed E-state index contributed by atoms with van der Waals surface area (Å²) >= 11 is 0. The highest BCUT2D eigenvalue weighted by Gasteiger charge is 2.03. The molecule has 2 rings (SSSR count). The SMILES string of the molecule is CN=C(NCCN(C)c1ccccc1)NCc1ccnn1C. The van der Waals surface area contributed by atoms with Crippen LogP contribution in [-0.2, 0) is 13.6 Å². The van der Waals surface area contributed by atoms with Crippen LogP contribution in [-0.4, -0.2) is 42.9 Å². The van der Waals surface area contributed by atoms with Crippen molar-refractivity contribution in [3.63, 3.8) is 0 Å². The normalized spacial score (nSPS) is 11.3. The van der Waals surface area contributed by atoms with Crippen LogP contribution < -0.4 is 15.5 Å². The van der Waals surface area contributed by atoms with Crippen LogP contribution in [0.2, 0.25) is 0 Å². The monoisotopic (exact) mass is 300 g/mol. The lowest BCUT2D eigenvalue weighted by Crippen LogP contribution is -2.40. The predicted octanol–water partition coefficient (Wildman–Crippen LogP) is 1.22. The summed E-state index contributed by atoms with van der Waals surface area (Å²) in [7, 11) is 5.80. The number of nitrogens with one attached hydrogen (secondary N) is 2. The summed E-state index contributed by atoms with van der Waals surface area (Å²) in [6.45, 7) is 2.41. The second-order valence-electron chi connectivity index (χ2n) is 5.06. The van der Waals surface area contributed by atoms with Crippen molar-refractivity contribution in [3.05, 3.63) is 48.3 Å². The summed E-state index contributed by atoms with van der Waals surface area (Å²) in [4.78, 5) is 6.44. The quantitative estimate of drug-likeness (QED) is 0.622. The minimum absolute atomic E-state index is 0.699. The molecule has 0 saturated heterocycles. The summed E-state index contributed by atoms with van der Waals surface area (Å²) in [5.74, 6) is 0.794. The Hall–Kier alpha value is -2.50. The summed E-state index contributed by atoms with van der Waals surface area (Å²) in [5.41, 5.74) is 2.33. The van der Waals surface area contributed by atoms with Crippen LogP contribution in [0.4, 0.5) is 5.69 Å². The van der Waals surface area contributed by atoms with Gasteiger partial charge in [-0.15, -0.1) is 0 Å². The average Bonchev–Trinajstić information content (AvgIpc) is 2.96. The van der Waals surface area contributed by atoms with Gasteiger partial charge in [0.1, 0.15) is 0 Å². The lowest BCUT2D eigenvalue weighted by Gasteiger charge is -2.20. The molecule has 0 bridgehead atoms. The van der Waals surface area contributed by atoms with E-state index in [9.17, 15) is 0 Å². The number of guanidine groups is 1. The van der Waals surface area contributed by atoms with Gasteiger partial charge in [-0.25, -0.2) is 0 Å². The number of aromatic nitrogens is 2. The molecule has 0 amide bonds. The number of anilines is 1. The van der Waals surface area contributed by atoms with Crippen LogP contribution in [0.1, 0.15) is 5.69 Å². The zero-order valence-corrected chi connectivity index (χ0v) is 13.5. The minimum atomic E-state index is 0.699. The highest BCUT2D eigenvalue weighted by Crippen LogP contribution is 2.09. The molecule has 1 heterocycles. The van der Waals surface area contributed by atoms with E-state index in [1.807, 2.05) is 36.0 Å². The second-order valence-corrected chi connectivity index (χ2v) is 5.06. The smallest absolute Gasteiger partial charge is 0.191 e. The zero-order chi connectivity index (χ0) is 15.8. The summed E-state index contributed by atoms with van der Waals surface area (Å²) in [5, 5.41) is 10.8.